The Hall–Kier alpha value is -1.20. The molecule has 39 heavy (non-hydrogen) atoms. The molecule has 0 unspecified atom stereocenters. The Morgan fingerprint density at radius 2 is 1.79 bits per heavy atom. The van der Waals surface area contributed by atoms with E-state index in [2.05, 4.69) is 33.2 Å². The lowest BCUT2D eigenvalue weighted by Gasteiger charge is -2.21. The summed E-state index contributed by atoms with van der Waals surface area (Å²) in [7, 11) is -8.63. The number of benzene rings is 2. The van der Waals surface area contributed by atoms with E-state index in [0.717, 1.165) is 40.0 Å². The normalized spacial score (nSPS) is 15.5. The smallest absolute Gasteiger partial charge is 0.263 e. The molecular weight excluding hydrogens is 715 g/mol. The van der Waals surface area contributed by atoms with Crippen LogP contribution in [0.5, 0.6) is 0 Å². The zero-order valence-electron chi connectivity index (χ0n) is 20.8. The highest BCUT2D eigenvalue weighted by Gasteiger charge is 2.26. The van der Waals surface area contributed by atoms with Crippen LogP contribution in [0.2, 0.25) is 5.02 Å². The maximum absolute atomic E-state index is 11.2. The van der Waals surface area contributed by atoms with Gasteiger partial charge in [0.1, 0.15) is 4.70 Å². The number of allylic oxidation sites excluding steroid dienone is 2. The van der Waals surface area contributed by atoms with Gasteiger partial charge in [-0.15, -0.1) is 0 Å². The number of halogens is 2. The highest BCUT2D eigenvalue weighted by atomic mass is 127. The molecular formula is C25H25ClIN2O6S4-. The van der Waals surface area contributed by atoms with Gasteiger partial charge in [0.2, 0.25) is 5.52 Å². The van der Waals surface area contributed by atoms with E-state index in [4.69, 9.17) is 11.6 Å². The van der Waals surface area contributed by atoms with Crippen LogP contribution in [0.3, 0.4) is 0 Å². The molecule has 8 nitrogen and oxygen atoms in total. The summed E-state index contributed by atoms with van der Waals surface area (Å²) in [4.78, 5) is 2.97. The molecule has 14 heteroatoms. The molecule has 0 saturated carbocycles. The van der Waals surface area contributed by atoms with Crippen LogP contribution in [0.4, 0.5) is 5.69 Å². The first-order valence-corrected chi connectivity index (χ1v) is 18.2. The van der Waals surface area contributed by atoms with E-state index in [0.29, 0.717) is 24.5 Å². The SMILES string of the molecule is CCC(=C/c1sc2ccc(I)cc2[n+]1CCCS(=O)(=O)[O-])/C=C1\Sc2ccc(Cl)cc2N1CCCS(=O)(=O)[O-]. The van der Waals surface area contributed by atoms with Crippen LogP contribution in [0.15, 0.2) is 58.0 Å². The maximum atomic E-state index is 11.2. The monoisotopic (exact) mass is 739 g/mol. The zero-order valence-corrected chi connectivity index (χ0v) is 27.0. The molecule has 2 aromatic carbocycles. The molecule has 0 atom stereocenters. The molecule has 0 bridgehead atoms. The van der Waals surface area contributed by atoms with Crippen LogP contribution in [0.25, 0.3) is 16.3 Å². The van der Waals surface area contributed by atoms with Gasteiger partial charge in [-0.25, -0.2) is 16.8 Å². The molecule has 0 aliphatic carbocycles. The summed E-state index contributed by atoms with van der Waals surface area (Å²) >= 11 is 11.6. The van der Waals surface area contributed by atoms with Gasteiger partial charge >= 0.3 is 0 Å². The molecule has 1 aliphatic heterocycles. The number of fused-ring (bicyclic) bond motifs is 2. The van der Waals surface area contributed by atoms with Crippen molar-refractivity contribution in [2.24, 2.45) is 0 Å². The third kappa shape index (κ3) is 8.41. The molecule has 0 spiro atoms. The lowest BCUT2D eigenvalue weighted by atomic mass is 10.2. The Bertz CT molecular complexity index is 1670. The van der Waals surface area contributed by atoms with Gasteiger partial charge in [-0.1, -0.05) is 41.6 Å². The van der Waals surface area contributed by atoms with E-state index in [-0.39, 0.29) is 12.8 Å². The van der Waals surface area contributed by atoms with Crippen LogP contribution in [0, 0.1) is 3.57 Å². The lowest BCUT2D eigenvalue weighted by Crippen LogP contribution is -2.36. The Balaban J connectivity index is 1.71. The average molecular weight is 740 g/mol. The minimum atomic E-state index is -4.32. The van der Waals surface area contributed by atoms with Gasteiger partial charge in [-0.05, 0) is 77.4 Å². The largest absolute Gasteiger partial charge is 0.748 e. The Labute approximate surface area is 255 Å². The molecule has 1 aromatic heterocycles. The second-order valence-corrected chi connectivity index (χ2v) is 15.7. The molecule has 0 radical (unpaired) electrons. The molecule has 2 heterocycles. The zero-order chi connectivity index (χ0) is 28.4. The number of rotatable bonds is 11. The quantitative estimate of drug-likeness (QED) is 0.142. The second-order valence-electron chi connectivity index (χ2n) is 8.86. The topological polar surface area (TPSA) is 122 Å². The Morgan fingerprint density at radius 3 is 2.49 bits per heavy atom. The van der Waals surface area contributed by atoms with Crippen molar-refractivity contribution in [3.63, 3.8) is 0 Å². The van der Waals surface area contributed by atoms with Gasteiger partial charge < -0.3 is 14.0 Å². The van der Waals surface area contributed by atoms with Crippen LogP contribution in [0.1, 0.15) is 31.2 Å². The lowest BCUT2D eigenvalue weighted by molar-refractivity contribution is -0.668. The number of anilines is 1. The third-order valence-corrected chi connectivity index (χ3v) is 10.7. The summed E-state index contributed by atoms with van der Waals surface area (Å²) in [5.41, 5.74) is 2.84. The molecule has 0 fully saturated rings. The highest BCUT2D eigenvalue weighted by Crippen LogP contribution is 2.47. The third-order valence-electron chi connectivity index (χ3n) is 5.96. The summed E-state index contributed by atoms with van der Waals surface area (Å²) in [6.07, 6.45) is 5.19. The summed E-state index contributed by atoms with van der Waals surface area (Å²) in [5, 5.41) is 2.38. The predicted octanol–water partition coefficient (Wildman–Crippen LogP) is 5.56. The number of thiazole rings is 1. The number of aryl methyl sites for hydroxylation is 1. The Morgan fingerprint density at radius 1 is 1.08 bits per heavy atom. The number of aromatic nitrogens is 1. The van der Waals surface area contributed by atoms with Gasteiger partial charge in [0.15, 0.2) is 6.54 Å². The first-order chi connectivity index (χ1) is 18.3. The molecule has 1 aliphatic rings. The predicted molar refractivity (Wildman–Crippen MR) is 164 cm³/mol. The minimum Gasteiger partial charge on any atom is -0.748 e. The van der Waals surface area contributed by atoms with Gasteiger partial charge in [0, 0.05) is 50.1 Å². The van der Waals surface area contributed by atoms with E-state index in [9.17, 15) is 25.9 Å². The summed E-state index contributed by atoms with van der Waals surface area (Å²) in [5.74, 6) is -0.881. The Kier molecular flexibility index (Phi) is 10.1. The number of nitrogens with zero attached hydrogens (tertiary/aromatic N) is 2. The van der Waals surface area contributed by atoms with Crippen LogP contribution < -0.4 is 9.47 Å². The number of hydrogen-bond donors (Lipinski definition) is 0. The average Bonchev–Trinajstić information content (AvgIpc) is 3.34. The van der Waals surface area contributed by atoms with Crippen molar-refractivity contribution in [1.82, 2.24) is 0 Å². The number of hydrogen-bond acceptors (Lipinski definition) is 9. The van der Waals surface area contributed by atoms with Crippen molar-refractivity contribution in [2.75, 3.05) is 23.0 Å². The van der Waals surface area contributed by atoms with Crippen LogP contribution >= 0.6 is 57.3 Å². The molecule has 210 valence electrons. The fourth-order valence-corrected chi connectivity index (χ4v) is 8.08. The fraction of sp³-hybridized carbons (Fsp3) is 0.320. The fourth-order valence-electron chi connectivity index (χ4n) is 4.19. The van der Waals surface area contributed by atoms with Crippen LogP contribution in [-0.4, -0.2) is 44.0 Å². The number of thioether (sulfide) groups is 1. The molecule has 4 rings (SSSR count). The van der Waals surface area contributed by atoms with Crippen molar-refractivity contribution in [1.29, 1.82) is 0 Å². The molecule has 0 amide bonds. The van der Waals surface area contributed by atoms with Crippen molar-refractivity contribution in [3.05, 3.63) is 66.7 Å². The van der Waals surface area contributed by atoms with Gasteiger partial charge in [0.25, 0.3) is 5.01 Å². The van der Waals surface area contributed by atoms with E-state index in [1.54, 1.807) is 29.2 Å². The molecule has 0 saturated heterocycles. The summed E-state index contributed by atoms with van der Waals surface area (Å²) in [6, 6.07) is 11.6. The summed E-state index contributed by atoms with van der Waals surface area (Å²) < 4.78 is 71.3. The van der Waals surface area contributed by atoms with Crippen molar-refractivity contribution in [2.45, 2.75) is 37.6 Å². The van der Waals surface area contributed by atoms with Crippen molar-refractivity contribution in [3.8, 4) is 0 Å². The van der Waals surface area contributed by atoms with Gasteiger partial charge in [0.05, 0.1) is 31.0 Å². The van der Waals surface area contributed by atoms with Gasteiger partial charge in [-0.2, -0.15) is 4.57 Å². The standard InChI is InChI=1S/C25H26ClIN2O6S4/c1-2-17(13-24-28(9-3-11-38(30,31)32)20-15-18(26)5-7-22(20)36-24)14-25-29(10-4-12-39(33,34)35)21-16-19(27)6-8-23(21)37-25/h5-8,13-16H,2-4,9-12H2,1H3,(H-,30,31,32,33,34,35)/p-1. The first kappa shape index (κ1) is 30.8. The second kappa shape index (κ2) is 12.8. The van der Waals surface area contributed by atoms with Crippen LogP contribution in [-0.2, 0) is 26.8 Å². The van der Waals surface area contributed by atoms with E-state index < -0.39 is 31.7 Å². The van der Waals surface area contributed by atoms with Crippen molar-refractivity contribution < 1.29 is 30.5 Å². The highest BCUT2D eigenvalue weighted by molar-refractivity contribution is 14.1. The van der Waals surface area contributed by atoms with Crippen molar-refractivity contribution >= 4 is 99.5 Å². The molecule has 3 aromatic rings. The maximum Gasteiger partial charge on any atom is 0.263 e. The van der Waals surface area contributed by atoms with Gasteiger partial charge in [-0.3, -0.25) is 0 Å². The van der Waals surface area contributed by atoms with E-state index >= 15 is 0 Å². The first-order valence-electron chi connectivity index (χ1n) is 12.0. The van der Waals surface area contributed by atoms with E-state index in [1.165, 1.54) is 0 Å². The minimum absolute atomic E-state index is 0.179. The van der Waals surface area contributed by atoms with E-state index in [1.807, 2.05) is 48.2 Å². The molecule has 0 N–H and O–H groups in total. The summed E-state index contributed by atoms with van der Waals surface area (Å²) in [6.45, 7) is 2.76.